The molecule has 0 bridgehead atoms. The van der Waals surface area contributed by atoms with Crippen molar-refractivity contribution in [2.45, 2.75) is 25.9 Å². The van der Waals surface area contributed by atoms with E-state index in [0.717, 1.165) is 52.8 Å². The van der Waals surface area contributed by atoms with Crippen molar-refractivity contribution in [1.82, 2.24) is 29.8 Å². The number of imidazole rings is 1. The highest BCUT2D eigenvalue weighted by molar-refractivity contribution is 5.95. The number of morpholine rings is 1. The highest BCUT2D eigenvalue weighted by atomic mass is 16.5. The van der Waals surface area contributed by atoms with Crippen molar-refractivity contribution in [2.24, 2.45) is 5.92 Å². The second kappa shape index (κ2) is 11.5. The van der Waals surface area contributed by atoms with Crippen LogP contribution in [0.3, 0.4) is 0 Å². The Morgan fingerprint density at radius 1 is 1.10 bits per heavy atom. The Hall–Kier alpha value is -4.27. The van der Waals surface area contributed by atoms with Crippen LogP contribution in [0.1, 0.15) is 24.1 Å². The number of ether oxygens (including phenoxy) is 2. The number of carbonyl (C=O) groups is 1. The molecule has 10 heteroatoms. The Morgan fingerprint density at radius 2 is 1.88 bits per heavy atom. The molecule has 0 saturated carbocycles. The molecule has 40 heavy (non-hydrogen) atoms. The number of piperidine rings is 1. The zero-order chi connectivity index (χ0) is 27.5. The molecule has 3 aromatic rings. The molecular formula is C30H34N6O4. The van der Waals surface area contributed by atoms with Crippen LogP contribution in [-0.2, 0) is 27.4 Å². The molecule has 0 atom stereocenters. The molecule has 1 N–H and O–H groups in total. The minimum Gasteiger partial charge on any atom is -0.453 e. The van der Waals surface area contributed by atoms with E-state index in [1.165, 1.54) is 7.11 Å². The highest BCUT2D eigenvalue weighted by Gasteiger charge is 2.34. The summed E-state index contributed by atoms with van der Waals surface area (Å²) in [4.78, 5) is 32.8. The van der Waals surface area contributed by atoms with Crippen molar-refractivity contribution in [3.63, 3.8) is 0 Å². The van der Waals surface area contributed by atoms with Crippen LogP contribution in [0, 0.1) is 5.92 Å². The number of likely N-dealkylation sites (tertiary alicyclic amines) is 1. The van der Waals surface area contributed by atoms with Crippen LogP contribution >= 0.6 is 0 Å². The maximum absolute atomic E-state index is 12.6. The molecule has 0 radical (unpaired) electrons. The maximum Gasteiger partial charge on any atom is 0.409 e. The third-order valence-corrected chi connectivity index (χ3v) is 8.08. The van der Waals surface area contributed by atoms with Gasteiger partial charge in [0, 0.05) is 38.3 Å². The molecule has 0 spiro atoms. The molecule has 10 nitrogen and oxygen atoms in total. The molecule has 0 aliphatic carbocycles. The SMILES string of the molecule is COC(=O)N1CCC(Cn2cncc2CN2NC(c3cccc4ccccc34)=C(N3CCOCC3)C2=C=O)CC1. The molecule has 1 amide bonds. The Kier molecular flexibility index (Phi) is 7.44. The van der Waals surface area contributed by atoms with Gasteiger partial charge in [-0.2, -0.15) is 0 Å². The number of nitrogens with zero attached hydrogens (tertiary/aromatic N) is 5. The van der Waals surface area contributed by atoms with Gasteiger partial charge < -0.3 is 23.8 Å². The van der Waals surface area contributed by atoms with Crippen molar-refractivity contribution < 1.29 is 19.1 Å². The topological polar surface area (TPSA) is 92.2 Å². The standard InChI is InChI=1S/C30H34N6O4/c1-39-30(38)34-11-9-22(10-12-34)18-35-21-31-17-24(35)19-36-27(20-37)29(33-13-15-40-16-14-33)28(32-36)26-8-4-6-23-5-2-3-7-25(23)26/h2-8,17,21-22,32H,9-16,18-19H2,1H3. The average Bonchev–Trinajstić information content (AvgIpc) is 3.61. The van der Waals surface area contributed by atoms with Gasteiger partial charge in [-0.05, 0) is 29.5 Å². The number of rotatable bonds is 6. The second-order valence-electron chi connectivity index (χ2n) is 10.4. The summed E-state index contributed by atoms with van der Waals surface area (Å²) in [7, 11) is 1.42. The molecule has 208 valence electrons. The van der Waals surface area contributed by atoms with E-state index in [2.05, 4.69) is 56.1 Å². The first-order chi connectivity index (χ1) is 19.7. The molecule has 0 unspecified atom stereocenters. The first-order valence-electron chi connectivity index (χ1n) is 13.8. The van der Waals surface area contributed by atoms with Crippen molar-refractivity contribution in [3.8, 4) is 0 Å². The van der Waals surface area contributed by atoms with E-state index in [0.29, 0.717) is 57.6 Å². The van der Waals surface area contributed by atoms with Crippen LogP contribution < -0.4 is 5.43 Å². The minimum absolute atomic E-state index is 0.263. The van der Waals surface area contributed by atoms with E-state index >= 15 is 0 Å². The monoisotopic (exact) mass is 542 g/mol. The van der Waals surface area contributed by atoms with Gasteiger partial charge in [0.1, 0.15) is 0 Å². The number of benzene rings is 2. The van der Waals surface area contributed by atoms with Gasteiger partial charge in [0.15, 0.2) is 11.6 Å². The van der Waals surface area contributed by atoms with Gasteiger partial charge >= 0.3 is 6.09 Å². The summed E-state index contributed by atoms with van der Waals surface area (Å²) >= 11 is 0. The summed E-state index contributed by atoms with van der Waals surface area (Å²) in [5.74, 6) is 2.68. The van der Waals surface area contributed by atoms with Crippen molar-refractivity contribution in [3.05, 3.63) is 77.6 Å². The van der Waals surface area contributed by atoms with Crippen LogP contribution in [0.25, 0.3) is 16.5 Å². The smallest absolute Gasteiger partial charge is 0.409 e. The van der Waals surface area contributed by atoms with E-state index in [4.69, 9.17) is 9.47 Å². The van der Waals surface area contributed by atoms with Crippen LogP contribution in [0.5, 0.6) is 0 Å². The highest BCUT2D eigenvalue weighted by Crippen LogP contribution is 2.36. The van der Waals surface area contributed by atoms with Gasteiger partial charge in [0.2, 0.25) is 0 Å². The summed E-state index contributed by atoms with van der Waals surface area (Å²) in [5.41, 5.74) is 7.86. The first kappa shape index (κ1) is 26.0. The summed E-state index contributed by atoms with van der Waals surface area (Å²) < 4.78 is 12.7. The van der Waals surface area contributed by atoms with E-state index in [-0.39, 0.29) is 6.09 Å². The fraction of sp³-hybridized carbons (Fsp3) is 0.400. The van der Waals surface area contributed by atoms with Gasteiger partial charge in [-0.3, -0.25) is 10.4 Å². The van der Waals surface area contributed by atoms with E-state index < -0.39 is 0 Å². The Balaban J connectivity index is 1.26. The summed E-state index contributed by atoms with van der Waals surface area (Å²) in [5, 5.41) is 4.15. The predicted octanol–water partition coefficient (Wildman–Crippen LogP) is 3.25. The number of nitrogens with one attached hydrogen (secondary N) is 1. The number of amides is 1. The number of aromatic nitrogens is 2. The lowest BCUT2D eigenvalue weighted by atomic mass is 9.97. The van der Waals surface area contributed by atoms with E-state index in [9.17, 15) is 9.59 Å². The molecule has 3 aliphatic heterocycles. The summed E-state index contributed by atoms with van der Waals surface area (Å²) in [6, 6.07) is 14.5. The number of carbonyl (C=O) groups excluding carboxylic acids is 2. The maximum atomic E-state index is 12.6. The Morgan fingerprint density at radius 3 is 2.65 bits per heavy atom. The lowest BCUT2D eigenvalue weighted by Gasteiger charge is -2.31. The van der Waals surface area contributed by atoms with Gasteiger partial charge in [-0.25, -0.2) is 14.6 Å². The average molecular weight is 543 g/mol. The zero-order valence-corrected chi connectivity index (χ0v) is 22.7. The van der Waals surface area contributed by atoms with Crippen LogP contribution in [0.2, 0.25) is 0 Å². The predicted molar refractivity (Wildman–Crippen MR) is 150 cm³/mol. The first-order valence-corrected chi connectivity index (χ1v) is 13.8. The molecule has 4 heterocycles. The van der Waals surface area contributed by atoms with Gasteiger partial charge in [0.05, 0.1) is 56.5 Å². The Bertz CT molecular complexity index is 1460. The van der Waals surface area contributed by atoms with Crippen LogP contribution in [-0.4, -0.2) is 82.9 Å². The minimum atomic E-state index is -0.263. The normalized spacial score (nSPS) is 18.3. The molecule has 6 rings (SSSR count). The molecule has 2 aromatic carbocycles. The lowest BCUT2D eigenvalue weighted by Crippen LogP contribution is -2.39. The molecule has 3 aliphatic rings. The van der Waals surface area contributed by atoms with Crippen molar-refractivity contribution >= 4 is 28.5 Å². The number of hydrogen-bond donors (Lipinski definition) is 1. The molecule has 2 saturated heterocycles. The number of fused-ring (bicyclic) bond motifs is 1. The van der Waals surface area contributed by atoms with Crippen LogP contribution in [0.4, 0.5) is 4.79 Å². The van der Waals surface area contributed by atoms with Crippen molar-refractivity contribution in [1.29, 1.82) is 0 Å². The van der Waals surface area contributed by atoms with E-state index in [1.807, 2.05) is 29.7 Å². The fourth-order valence-electron chi connectivity index (χ4n) is 5.95. The molecular weight excluding hydrogens is 508 g/mol. The molecule has 1 aromatic heterocycles. The summed E-state index contributed by atoms with van der Waals surface area (Å²) in [6.45, 7) is 5.26. The van der Waals surface area contributed by atoms with Gasteiger partial charge in [-0.1, -0.05) is 42.5 Å². The third-order valence-electron chi connectivity index (χ3n) is 8.08. The number of hydrazine groups is 1. The number of hydrogen-bond acceptors (Lipinski definition) is 8. The van der Waals surface area contributed by atoms with Crippen LogP contribution in [0.15, 0.2) is 66.4 Å². The fourth-order valence-corrected chi connectivity index (χ4v) is 5.95. The quantitative estimate of drug-likeness (QED) is 0.475. The van der Waals surface area contributed by atoms with E-state index in [1.54, 1.807) is 4.90 Å². The third kappa shape index (κ3) is 5.03. The van der Waals surface area contributed by atoms with Gasteiger partial charge in [-0.15, -0.1) is 0 Å². The Labute approximate surface area is 233 Å². The second-order valence-corrected chi connectivity index (χ2v) is 10.4. The van der Waals surface area contributed by atoms with Crippen molar-refractivity contribution in [2.75, 3.05) is 46.5 Å². The van der Waals surface area contributed by atoms with Gasteiger partial charge in [0.25, 0.3) is 0 Å². The molecule has 2 fully saturated rings. The zero-order valence-electron chi connectivity index (χ0n) is 22.7. The number of methoxy groups -OCH3 is 1. The largest absolute Gasteiger partial charge is 0.453 e. The summed E-state index contributed by atoms with van der Waals surface area (Å²) in [6.07, 6.45) is 5.26. The lowest BCUT2D eigenvalue weighted by molar-refractivity contribution is 0.0543.